The van der Waals surface area contributed by atoms with Gasteiger partial charge in [0.05, 0.1) is 0 Å². The Morgan fingerprint density at radius 2 is 1.85 bits per heavy atom. The average Bonchev–Trinajstić information content (AvgIpc) is 2.95. The van der Waals surface area contributed by atoms with E-state index in [-0.39, 0.29) is 5.91 Å². The first-order chi connectivity index (χ1) is 12.8. The number of aromatic nitrogens is 1. The summed E-state index contributed by atoms with van der Waals surface area (Å²) < 4.78 is 5.69. The highest BCUT2D eigenvalue weighted by molar-refractivity contribution is 5.94. The van der Waals surface area contributed by atoms with Crippen LogP contribution in [0.3, 0.4) is 0 Å². The largest absolute Gasteiger partial charge is 0.439 e. The number of hydrogen-bond acceptors (Lipinski definition) is 4. The summed E-state index contributed by atoms with van der Waals surface area (Å²) in [6.07, 6.45) is 7.88. The number of carbonyl (C=O) groups is 1. The van der Waals surface area contributed by atoms with Crippen LogP contribution in [0.15, 0.2) is 48.7 Å². The fraction of sp³-hybridized carbons (Fsp3) is 0.429. The van der Waals surface area contributed by atoms with E-state index in [1.54, 1.807) is 18.3 Å². The van der Waals surface area contributed by atoms with Gasteiger partial charge in [-0.2, -0.15) is 0 Å². The van der Waals surface area contributed by atoms with E-state index in [0.29, 0.717) is 23.7 Å². The van der Waals surface area contributed by atoms with Gasteiger partial charge in [0.1, 0.15) is 5.75 Å². The lowest BCUT2D eigenvalue weighted by Gasteiger charge is -2.19. The van der Waals surface area contributed by atoms with Crippen LogP contribution in [0.1, 0.15) is 42.5 Å². The van der Waals surface area contributed by atoms with Gasteiger partial charge in [-0.25, -0.2) is 4.98 Å². The number of hydrogen-bond donors (Lipinski definition) is 1. The first kappa shape index (κ1) is 18.4. The Bertz CT molecular complexity index is 683. The minimum absolute atomic E-state index is 0.0822. The molecule has 1 aromatic carbocycles. The monoisotopic (exact) mass is 353 g/mol. The van der Waals surface area contributed by atoms with Crippen LogP contribution >= 0.6 is 0 Å². The van der Waals surface area contributed by atoms with Gasteiger partial charge in [-0.3, -0.25) is 4.79 Å². The van der Waals surface area contributed by atoms with Crippen molar-refractivity contribution < 1.29 is 9.53 Å². The number of carbonyl (C=O) groups excluding carboxylic acids is 1. The summed E-state index contributed by atoms with van der Waals surface area (Å²) in [7, 11) is 0. The highest BCUT2D eigenvalue weighted by Crippen LogP contribution is 2.19. The van der Waals surface area contributed by atoms with Crippen LogP contribution in [0.5, 0.6) is 11.6 Å². The highest BCUT2D eigenvalue weighted by atomic mass is 16.5. The van der Waals surface area contributed by atoms with Crippen molar-refractivity contribution in [2.24, 2.45) is 0 Å². The molecular weight excluding hydrogens is 326 g/mol. The second kappa shape index (κ2) is 9.92. The summed E-state index contributed by atoms with van der Waals surface area (Å²) in [4.78, 5) is 19.0. The van der Waals surface area contributed by atoms with Gasteiger partial charge in [0.25, 0.3) is 5.91 Å². The fourth-order valence-electron chi connectivity index (χ4n) is 3.18. The SMILES string of the molecule is O=C(NCCCN1CCCCCC1)c1ccnc(Oc2ccccc2)c1. The van der Waals surface area contributed by atoms with Gasteiger partial charge in [-0.1, -0.05) is 31.0 Å². The van der Waals surface area contributed by atoms with E-state index in [2.05, 4.69) is 15.2 Å². The van der Waals surface area contributed by atoms with Gasteiger partial charge in [0.15, 0.2) is 0 Å². The number of benzene rings is 1. The molecule has 5 nitrogen and oxygen atoms in total. The number of amides is 1. The van der Waals surface area contributed by atoms with Gasteiger partial charge < -0.3 is 15.0 Å². The van der Waals surface area contributed by atoms with E-state index in [1.807, 2.05) is 30.3 Å². The Hall–Kier alpha value is -2.40. The van der Waals surface area contributed by atoms with Crippen molar-refractivity contribution in [3.63, 3.8) is 0 Å². The van der Waals surface area contributed by atoms with Crippen molar-refractivity contribution in [2.75, 3.05) is 26.2 Å². The summed E-state index contributed by atoms with van der Waals surface area (Å²) in [6.45, 7) is 4.13. The Labute approximate surface area is 155 Å². The molecule has 0 unspecified atom stereocenters. The molecule has 0 radical (unpaired) electrons. The van der Waals surface area contributed by atoms with Crippen LogP contribution in [0.4, 0.5) is 0 Å². The number of ether oxygens (including phenoxy) is 1. The molecule has 2 aromatic rings. The van der Waals surface area contributed by atoms with Crippen molar-refractivity contribution >= 4 is 5.91 Å². The lowest BCUT2D eigenvalue weighted by Crippen LogP contribution is -2.30. The molecular formula is C21H27N3O2. The maximum absolute atomic E-state index is 12.3. The lowest BCUT2D eigenvalue weighted by molar-refractivity contribution is 0.0951. The highest BCUT2D eigenvalue weighted by Gasteiger charge is 2.10. The van der Waals surface area contributed by atoms with Crippen LogP contribution in [-0.2, 0) is 0 Å². The van der Waals surface area contributed by atoms with Gasteiger partial charge in [-0.05, 0) is 57.1 Å². The zero-order valence-corrected chi connectivity index (χ0v) is 15.2. The third-order valence-electron chi connectivity index (χ3n) is 4.60. The molecule has 0 spiro atoms. The normalized spacial score (nSPS) is 15.2. The zero-order chi connectivity index (χ0) is 18.0. The van der Waals surface area contributed by atoms with E-state index in [1.165, 1.54) is 38.8 Å². The molecule has 1 N–H and O–H groups in total. The molecule has 1 aliphatic rings. The summed E-state index contributed by atoms with van der Waals surface area (Å²) in [5.74, 6) is 1.05. The quantitative estimate of drug-likeness (QED) is 0.768. The Morgan fingerprint density at radius 1 is 1.08 bits per heavy atom. The molecule has 1 amide bonds. The number of rotatable bonds is 7. The Kier molecular flexibility index (Phi) is 7.02. The Balaban J connectivity index is 1.44. The third-order valence-corrected chi connectivity index (χ3v) is 4.60. The molecule has 138 valence electrons. The first-order valence-corrected chi connectivity index (χ1v) is 9.51. The zero-order valence-electron chi connectivity index (χ0n) is 15.2. The molecule has 2 heterocycles. The molecule has 0 atom stereocenters. The van der Waals surface area contributed by atoms with Crippen molar-refractivity contribution in [3.8, 4) is 11.6 Å². The number of nitrogens with one attached hydrogen (secondary N) is 1. The van der Waals surface area contributed by atoms with Crippen LogP contribution < -0.4 is 10.1 Å². The number of para-hydroxylation sites is 1. The van der Waals surface area contributed by atoms with Crippen LogP contribution in [0.2, 0.25) is 0 Å². The maximum Gasteiger partial charge on any atom is 0.251 e. The standard InChI is InChI=1S/C21H27N3O2/c25-21(23-12-8-16-24-14-6-1-2-7-15-24)18-11-13-22-20(17-18)26-19-9-4-3-5-10-19/h3-5,9-11,13,17H,1-2,6-8,12,14-16H2,(H,23,25). The predicted molar refractivity (Wildman–Crippen MR) is 103 cm³/mol. The van der Waals surface area contributed by atoms with E-state index in [9.17, 15) is 4.79 Å². The predicted octanol–water partition coefficient (Wildman–Crippen LogP) is 3.87. The van der Waals surface area contributed by atoms with Crippen molar-refractivity contribution in [3.05, 3.63) is 54.2 Å². The molecule has 1 saturated heterocycles. The minimum atomic E-state index is -0.0822. The molecule has 0 saturated carbocycles. The topological polar surface area (TPSA) is 54.5 Å². The number of pyridine rings is 1. The molecule has 5 heteroatoms. The van der Waals surface area contributed by atoms with Crippen LogP contribution in [0, 0.1) is 0 Å². The third kappa shape index (κ3) is 5.85. The van der Waals surface area contributed by atoms with E-state index in [4.69, 9.17) is 4.74 Å². The van der Waals surface area contributed by atoms with Crippen molar-refractivity contribution in [1.82, 2.24) is 15.2 Å². The van der Waals surface area contributed by atoms with Gasteiger partial charge in [-0.15, -0.1) is 0 Å². The minimum Gasteiger partial charge on any atom is -0.439 e. The van der Waals surface area contributed by atoms with Gasteiger partial charge in [0, 0.05) is 24.4 Å². The van der Waals surface area contributed by atoms with Gasteiger partial charge in [0.2, 0.25) is 5.88 Å². The van der Waals surface area contributed by atoms with Crippen molar-refractivity contribution in [1.29, 1.82) is 0 Å². The second-order valence-corrected chi connectivity index (χ2v) is 6.66. The molecule has 26 heavy (non-hydrogen) atoms. The molecule has 3 rings (SSSR count). The summed E-state index contributed by atoms with van der Waals surface area (Å²) in [5, 5.41) is 3.00. The summed E-state index contributed by atoms with van der Waals surface area (Å²) >= 11 is 0. The molecule has 1 fully saturated rings. The first-order valence-electron chi connectivity index (χ1n) is 9.51. The summed E-state index contributed by atoms with van der Waals surface area (Å²) in [6, 6.07) is 12.8. The van der Waals surface area contributed by atoms with E-state index < -0.39 is 0 Å². The van der Waals surface area contributed by atoms with Crippen LogP contribution in [0.25, 0.3) is 0 Å². The number of likely N-dealkylation sites (tertiary alicyclic amines) is 1. The summed E-state index contributed by atoms with van der Waals surface area (Å²) in [5.41, 5.74) is 0.570. The second-order valence-electron chi connectivity index (χ2n) is 6.66. The Morgan fingerprint density at radius 3 is 2.62 bits per heavy atom. The molecule has 1 aliphatic heterocycles. The number of nitrogens with zero attached hydrogens (tertiary/aromatic N) is 2. The smallest absolute Gasteiger partial charge is 0.251 e. The molecule has 1 aromatic heterocycles. The van der Waals surface area contributed by atoms with Crippen LogP contribution in [-0.4, -0.2) is 42.0 Å². The molecule has 0 aliphatic carbocycles. The maximum atomic E-state index is 12.3. The molecule has 0 bridgehead atoms. The average molecular weight is 353 g/mol. The van der Waals surface area contributed by atoms with Crippen molar-refractivity contribution in [2.45, 2.75) is 32.1 Å². The lowest BCUT2D eigenvalue weighted by atomic mass is 10.2. The van der Waals surface area contributed by atoms with E-state index in [0.717, 1.165) is 13.0 Å². The van der Waals surface area contributed by atoms with E-state index >= 15 is 0 Å². The van der Waals surface area contributed by atoms with Gasteiger partial charge >= 0.3 is 0 Å². The fourth-order valence-corrected chi connectivity index (χ4v) is 3.18.